The number of nitrogens with two attached hydrogens (primary N) is 7. The minimum atomic E-state index is -1.50. The van der Waals surface area contributed by atoms with E-state index in [4.69, 9.17) is 56.4 Å². The van der Waals surface area contributed by atoms with Crippen molar-refractivity contribution >= 4 is 115 Å². The first-order valence-electron chi connectivity index (χ1n) is 36.3. The quantitative estimate of drug-likeness (QED) is 0.0131. The molecule has 108 heavy (non-hydrogen) atoms. The van der Waals surface area contributed by atoms with Crippen LogP contribution < -0.4 is 98.6 Å². The maximum atomic E-state index is 15.6. The van der Waals surface area contributed by atoms with Crippen molar-refractivity contribution in [1.29, 1.82) is 16.2 Å². The molecular weight excluding hydrogens is 1380 g/mol. The molecule has 9 amide bonds. The summed E-state index contributed by atoms with van der Waals surface area (Å²) in [6.07, 6.45) is 8.92. The largest absolute Gasteiger partial charge is 0.370 e. The average molecular weight is 1490 g/mol. The molecule has 0 radical (unpaired) electrons. The van der Waals surface area contributed by atoms with Crippen LogP contribution in [0.15, 0.2) is 122 Å². The van der Waals surface area contributed by atoms with Gasteiger partial charge in [0.2, 0.25) is 53.2 Å². The lowest BCUT2D eigenvalue weighted by molar-refractivity contribution is -0.136. The average Bonchev–Trinajstić information content (AvgIpc) is 1.67. The van der Waals surface area contributed by atoms with Gasteiger partial charge in [-0.1, -0.05) is 79.2 Å². The van der Waals surface area contributed by atoms with Gasteiger partial charge in [0.1, 0.15) is 48.3 Å². The normalized spacial score (nSPS) is 13.8. The molecule has 0 aliphatic carbocycles. The predicted octanol–water partition coefficient (Wildman–Crippen LogP) is -0.379. The summed E-state index contributed by atoms with van der Waals surface area (Å²) < 4.78 is 0. The number of rotatable bonds is 45. The molecule has 0 aliphatic rings. The van der Waals surface area contributed by atoms with Gasteiger partial charge in [-0.25, -0.2) is 0 Å². The Morgan fingerprint density at radius 1 is 0.315 bits per heavy atom. The number of para-hydroxylation sites is 4. The Hall–Kier alpha value is -12.0. The summed E-state index contributed by atoms with van der Waals surface area (Å²) >= 11 is 0. The smallest absolute Gasteiger partial charge is 0.243 e. The number of aromatic nitrogens is 4. The minimum absolute atomic E-state index is 0.0229. The maximum absolute atomic E-state index is 15.6. The van der Waals surface area contributed by atoms with E-state index in [1.54, 1.807) is 36.9 Å². The van der Waals surface area contributed by atoms with Gasteiger partial charge in [0.25, 0.3) is 0 Å². The highest BCUT2D eigenvalue weighted by Crippen LogP contribution is 2.25. The van der Waals surface area contributed by atoms with Gasteiger partial charge >= 0.3 is 0 Å². The summed E-state index contributed by atoms with van der Waals surface area (Å²) in [5.41, 5.74) is 45.7. The molecule has 0 aliphatic heterocycles. The molecule has 0 bridgehead atoms. The molecule has 4 aromatic carbocycles. The van der Waals surface area contributed by atoms with Crippen LogP contribution in [0.5, 0.6) is 0 Å². The Labute approximate surface area is 623 Å². The Morgan fingerprint density at radius 3 is 0.843 bits per heavy atom. The van der Waals surface area contributed by atoms with E-state index in [2.05, 4.69) is 78.4 Å². The zero-order valence-electron chi connectivity index (χ0n) is 60.3. The van der Waals surface area contributed by atoms with E-state index in [1.807, 2.05) is 84.9 Å². The third-order valence-electron chi connectivity index (χ3n) is 18.7. The lowest BCUT2D eigenvalue weighted by atomic mass is 9.99. The second-order valence-corrected chi connectivity index (χ2v) is 26.8. The highest BCUT2D eigenvalue weighted by Gasteiger charge is 2.37. The highest BCUT2D eigenvalue weighted by molar-refractivity contribution is 6.00. The van der Waals surface area contributed by atoms with Gasteiger partial charge in [-0.2, -0.15) is 0 Å². The number of carbonyl (C=O) groups is 9. The minimum Gasteiger partial charge on any atom is -0.370 e. The number of guanidine groups is 3. The van der Waals surface area contributed by atoms with Gasteiger partial charge in [0.05, 0.1) is 6.04 Å². The van der Waals surface area contributed by atoms with Gasteiger partial charge in [0.15, 0.2) is 17.9 Å². The first kappa shape index (κ1) is 81.6. The molecule has 4 heterocycles. The van der Waals surface area contributed by atoms with Gasteiger partial charge in [-0.3, -0.25) is 59.4 Å². The zero-order chi connectivity index (χ0) is 77.7. The molecule has 578 valence electrons. The molecule has 0 saturated heterocycles. The van der Waals surface area contributed by atoms with Crippen molar-refractivity contribution in [2.45, 2.75) is 157 Å². The molecular formula is C74H103N25O9. The van der Waals surface area contributed by atoms with E-state index in [0.717, 1.165) is 21.8 Å². The van der Waals surface area contributed by atoms with E-state index in [9.17, 15) is 19.2 Å². The van der Waals surface area contributed by atoms with Crippen molar-refractivity contribution in [3.8, 4) is 0 Å². The maximum Gasteiger partial charge on any atom is 0.243 e. The lowest BCUT2D eigenvalue weighted by Crippen LogP contribution is -2.61. The zero-order valence-corrected chi connectivity index (χ0v) is 60.3. The number of benzene rings is 4. The number of hydrogen-bond donors (Lipinski definition) is 25. The third-order valence-corrected chi connectivity index (χ3v) is 18.7. The first-order valence-corrected chi connectivity index (χ1v) is 36.3. The standard InChI is InChI=1S/C74H103N25O9/c75-29-11-9-20-50(77)64(101)93-57(27-14-32-86-73(81)82)67(104)97-62(37-45-41-91-54-24-8-4-19-49(45)54)71(108)98-59(34-42-38-88-51-21-5-1-16-46(42)51)68(105)94-56(25-10-12-30-76)66(103)96-61(36-44-40-90-53-23-7-3-18-48(44)53)70(107)99-60(35-43-39-89-52-22-6-2-17-47(43)52)69(106)95-58(28-15-33-87-74(83)84)65(102)92-55(63(78)100)26-13-31-85-72(79)80/h1-8,16-19,21-24,38-41,50,55-62,88-91H,9-15,20,25-37,75-77H2,(H2,78,100)(H,92,102)(H,93,101)(H,94,105)(H,95,106)(H,96,103)(H,97,104)(H,98,108)(H,99,107)(H4,79,80,85)(H4,81,82,86)(H4,83,84,87)/t50-,55-,56-,57-,58-,59-,60-,61-,62-/m0/s1. The Kier molecular flexibility index (Phi) is 31.0. The summed E-state index contributed by atoms with van der Waals surface area (Å²) in [6.45, 7) is 1.06. The van der Waals surface area contributed by atoms with Gasteiger partial charge < -0.3 is 119 Å². The van der Waals surface area contributed by atoms with Crippen LogP contribution >= 0.6 is 0 Å². The summed E-state index contributed by atoms with van der Waals surface area (Å²) in [5.74, 6) is -8.15. The molecule has 0 fully saturated rings. The topological polar surface area (TPSA) is 603 Å². The fourth-order valence-electron chi connectivity index (χ4n) is 12.9. The van der Waals surface area contributed by atoms with Crippen molar-refractivity contribution < 1.29 is 43.2 Å². The van der Waals surface area contributed by atoms with Crippen molar-refractivity contribution in [2.75, 3.05) is 32.7 Å². The molecule has 34 heteroatoms. The van der Waals surface area contributed by atoms with Crippen LogP contribution in [0, 0.1) is 16.2 Å². The monoisotopic (exact) mass is 1490 g/mol. The van der Waals surface area contributed by atoms with Crippen molar-refractivity contribution in [1.82, 2.24) is 78.4 Å². The molecule has 0 saturated carbocycles. The molecule has 8 rings (SSSR count). The fraction of sp³-hybridized carbons (Fsp3) is 0.405. The van der Waals surface area contributed by atoms with Gasteiger partial charge in [-0.05, 0) is 130 Å². The Balaban J connectivity index is 1.13. The molecule has 34 nitrogen and oxygen atoms in total. The number of fused-ring (bicyclic) bond motifs is 4. The van der Waals surface area contributed by atoms with Gasteiger partial charge in [0, 0.05) is 114 Å². The molecule has 4 aromatic heterocycles. The number of nitrogens with one attached hydrogen (secondary N) is 18. The second-order valence-electron chi connectivity index (χ2n) is 26.8. The Morgan fingerprint density at radius 2 is 0.556 bits per heavy atom. The van der Waals surface area contributed by atoms with Crippen LogP contribution in [0.1, 0.15) is 99.3 Å². The SMILES string of the molecule is N=C(N)NCCC[C@H](NC(=O)[C@H](CCCNC(=N)N)NC(=O)[C@H](Cc1c[nH]c2ccccc12)NC(=O)[C@H](Cc1c[nH]c2ccccc12)NC(=O)[C@H](CCCCN)NC(=O)[C@H](Cc1c[nH]c2ccccc12)NC(=O)[C@H](Cc1c[nH]c2ccccc12)NC(=O)[C@H](CCCNC(=N)N)NC(=O)[C@@H](N)CCCCN)C(N)=O. The molecule has 9 atom stereocenters. The second kappa shape index (κ2) is 41.0. The van der Waals surface area contributed by atoms with E-state index in [-0.39, 0.29) is 128 Å². The summed E-state index contributed by atoms with van der Waals surface area (Å²) in [5, 5.41) is 56.5. The van der Waals surface area contributed by atoms with Crippen molar-refractivity contribution in [3.63, 3.8) is 0 Å². The molecule has 0 spiro atoms. The fourth-order valence-corrected chi connectivity index (χ4v) is 12.9. The number of primary amides is 1. The van der Waals surface area contributed by atoms with Crippen LogP contribution in [0.25, 0.3) is 43.6 Å². The number of amides is 9. The molecule has 8 aromatic rings. The van der Waals surface area contributed by atoms with E-state index in [1.165, 1.54) is 0 Å². The predicted molar refractivity (Wildman–Crippen MR) is 414 cm³/mol. The van der Waals surface area contributed by atoms with Crippen LogP contribution in [0.2, 0.25) is 0 Å². The number of unbranched alkanes of at least 4 members (excludes halogenated alkanes) is 2. The van der Waals surface area contributed by atoms with Crippen LogP contribution in [-0.2, 0) is 68.8 Å². The number of aromatic amines is 4. The van der Waals surface area contributed by atoms with Crippen LogP contribution in [0.3, 0.4) is 0 Å². The van der Waals surface area contributed by atoms with E-state index < -0.39 is 108 Å². The number of H-pyrrole nitrogens is 4. The molecule has 32 N–H and O–H groups in total. The van der Waals surface area contributed by atoms with Crippen LogP contribution in [-0.4, -0.2) is 178 Å². The highest BCUT2D eigenvalue weighted by atomic mass is 16.2. The molecule has 0 unspecified atom stereocenters. The Bertz CT molecular complexity index is 4410. The first-order chi connectivity index (χ1) is 52.0. The van der Waals surface area contributed by atoms with Crippen molar-refractivity contribution in [3.05, 3.63) is 144 Å². The summed E-state index contributed by atoms with van der Waals surface area (Å²) in [7, 11) is 0. The van der Waals surface area contributed by atoms with E-state index >= 15 is 24.0 Å². The lowest BCUT2D eigenvalue weighted by Gasteiger charge is -2.28. The number of carbonyl (C=O) groups excluding carboxylic acids is 9. The third kappa shape index (κ3) is 24.3. The van der Waals surface area contributed by atoms with E-state index in [0.29, 0.717) is 69.9 Å². The van der Waals surface area contributed by atoms with Crippen LogP contribution in [0.4, 0.5) is 0 Å². The van der Waals surface area contributed by atoms with Gasteiger partial charge in [-0.15, -0.1) is 0 Å². The summed E-state index contributed by atoms with van der Waals surface area (Å²) in [6, 6.07) is 17.1. The number of hydrogen-bond acceptors (Lipinski definition) is 15. The summed E-state index contributed by atoms with van der Waals surface area (Å²) in [4.78, 5) is 146. The van der Waals surface area contributed by atoms with Crippen molar-refractivity contribution in [2.24, 2.45) is 40.1 Å².